The molecular weight excluding hydrogens is 350 g/mol. The van der Waals surface area contributed by atoms with E-state index in [2.05, 4.69) is 36.9 Å². The van der Waals surface area contributed by atoms with Crippen LogP contribution in [0.5, 0.6) is 0 Å². The van der Waals surface area contributed by atoms with Gasteiger partial charge in [0.05, 0.1) is 6.20 Å². The van der Waals surface area contributed by atoms with E-state index < -0.39 is 11.6 Å². The predicted octanol–water partition coefficient (Wildman–Crippen LogP) is 4.03. The number of fused-ring (bicyclic) bond motifs is 1. The summed E-state index contributed by atoms with van der Waals surface area (Å²) >= 11 is 0. The minimum absolute atomic E-state index is 0.198. The fraction of sp³-hybridized carbons (Fsp3) is 0.105. The number of aromatic nitrogens is 4. The molecule has 0 fully saturated rings. The highest BCUT2D eigenvalue weighted by molar-refractivity contribution is 5.83. The monoisotopic (exact) mass is 366 g/mol. The van der Waals surface area contributed by atoms with E-state index in [4.69, 9.17) is 0 Å². The lowest BCUT2D eigenvalue weighted by atomic mass is 10.1. The van der Waals surface area contributed by atoms with Gasteiger partial charge in [0.1, 0.15) is 17.3 Å². The number of nitrogens with one attached hydrogen (secondary N) is 3. The molecule has 0 aliphatic carbocycles. The molecule has 6 nitrogen and oxygen atoms in total. The van der Waals surface area contributed by atoms with Gasteiger partial charge in [-0.15, -0.1) is 5.10 Å². The molecule has 0 saturated heterocycles. The third-order valence-corrected chi connectivity index (χ3v) is 4.13. The zero-order valence-electron chi connectivity index (χ0n) is 14.2. The van der Waals surface area contributed by atoms with Crippen LogP contribution in [0.1, 0.15) is 5.56 Å². The molecule has 0 aliphatic heterocycles. The fourth-order valence-electron chi connectivity index (χ4n) is 2.83. The molecule has 2 aromatic heterocycles. The van der Waals surface area contributed by atoms with Crippen molar-refractivity contribution >= 4 is 28.4 Å². The molecule has 3 N–H and O–H groups in total. The molecule has 0 aliphatic rings. The molecule has 8 heteroatoms. The lowest BCUT2D eigenvalue weighted by Crippen LogP contribution is -2.10. The topological polar surface area (TPSA) is 78.5 Å². The number of benzene rings is 2. The highest BCUT2D eigenvalue weighted by Gasteiger charge is 2.10. The Balaban J connectivity index is 1.42. The molecule has 0 spiro atoms. The lowest BCUT2D eigenvalue weighted by Gasteiger charge is -2.09. The molecular formula is C19H16F2N6. The van der Waals surface area contributed by atoms with Crippen molar-refractivity contribution in [1.29, 1.82) is 0 Å². The van der Waals surface area contributed by atoms with Crippen molar-refractivity contribution < 1.29 is 8.78 Å². The van der Waals surface area contributed by atoms with Gasteiger partial charge in [0, 0.05) is 23.6 Å². The number of hydrogen-bond donors (Lipinski definition) is 3. The molecule has 2 heterocycles. The summed E-state index contributed by atoms with van der Waals surface area (Å²) in [5.74, 6) is -0.940. The number of aromatic amines is 1. The minimum Gasteiger partial charge on any atom is -0.361 e. The molecule has 27 heavy (non-hydrogen) atoms. The lowest BCUT2D eigenvalue weighted by molar-refractivity contribution is 0.590. The van der Waals surface area contributed by atoms with E-state index in [9.17, 15) is 8.78 Å². The average Bonchev–Trinajstić information content (AvgIpc) is 3.09. The zero-order valence-corrected chi connectivity index (χ0v) is 14.2. The largest absolute Gasteiger partial charge is 0.361 e. The van der Waals surface area contributed by atoms with E-state index in [1.807, 2.05) is 24.4 Å². The number of para-hydroxylation sites is 2. The molecule has 136 valence electrons. The molecule has 0 saturated carbocycles. The van der Waals surface area contributed by atoms with Crippen LogP contribution >= 0.6 is 0 Å². The first-order chi connectivity index (χ1) is 13.2. The molecule has 0 unspecified atom stereocenters. The zero-order chi connectivity index (χ0) is 18.6. The van der Waals surface area contributed by atoms with Gasteiger partial charge in [-0.1, -0.05) is 24.3 Å². The number of H-pyrrole nitrogens is 1. The molecule has 4 aromatic rings. The number of anilines is 3. The molecule has 0 amide bonds. The number of nitrogens with zero attached hydrogens (tertiary/aromatic N) is 3. The van der Waals surface area contributed by atoms with Crippen LogP contribution in [-0.4, -0.2) is 26.7 Å². The van der Waals surface area contributed by atoms with Crippen LogP contribution in [0.4, 0.5) is 26.2 Å². The van der Waals surface area contributed by atoms with Crippen LogP contribution in [0.15, 0.2) is 54.9 Å². The minimum atomic E-state index is -0.706. The van der Waals surface area contributed by atoms with Crippen LogP contribution in [-0.2, 0) is 6.42 Å². The van der Waals surface area contributed by atoms with Gasteiger partial charge in [-0.25, -0.2) is 8.78 Å². The van der Waals surface area contributed by atoms with Gasteiger partial charge < -0.3 is 15.6 Å². The van der Waals surface area contributed by atoms with E-state index in [0.717, 1.165) is 11.9 Å². The maximum atomic E-state index is 13.7. The van der Waals surface area contributed by atoms with E-state index >= 15 is 0 Å². The van der Waals surface area contributed by atoms with E-state index in [1.165, 1.54) is 35.3 Å². The Morgan fingerprint density at radius 2 is 1.81 bits per heavy atom. The highest BCUT2D eigenvalue weighted by Crippen LogP contribution is 2.22. The smallest absolute Gasteiger partial charge is 0.244 e. The van der Waals surface area contributed by atoms with Gasteiger partial charge >= 0.3 is 0 Å². The first-order valence-electron chi connectivity index (χ1n) is 8.40. The first kappa shape index (κ1) is 16.9. The van der Waals surface area contributed by atoms with Crippen molar-refractivity contribution in [3.05, 3.63) is 72.1 Å². The Hall–Kier alpha value is -3.55. The van der Waals surface area contributed by atoms with Gasteiger partial charge in [0.15, 0.2) is 5.82 Å². The molecule has 4 rings (SSSR count). The third kappa shape index (κ3) is 3.69. The van der Waals surface area contributed by atoms with E-state index in [1.54, 1.807) is 0 Å². The summed E-state index contributed by atoms with van der Waals surface area (Å²) in [4.78, 5) is 7.43. The molecule has 0 atom stereocenters. The maximum absolute atomic E-state index is 13.7. The van der Waals surface area contributed by atoms with Crippen LogP contribution in [0, 0.1) is 11.6 Å². The quantitative estimate of drug-likeness (QED) is 0.480. The standard InChI is InChI=1S/C19H16F2N6/c20-14-5-3-6-15(21)18(14)25-17-11-24-27-19(26-17)22-9-8-12-10-23-16-7-2-1-4-13(12)16/h1-7,10-11,23H,8-9H2,(H2,22,25,26,27). The summed E-state index contributed by atoms with van der Waals surface area (Å²) in [6, 6.07) is 11.7. The van der Waals surface area contributed by atoms with Crippen LogP contribution < -0.4 is 10.6 Å². The van der Waals surface area contributed by atoms with Gasteiger partial charge in [-0.05, 0) is 30.2 Å². The Labute approximate surface area is 153 Å². The Morgan fingerprint density at radius 3 is 2.67 bits per heavy atom. The fourth-order valence-corrected chi connectivity index (χ4v) is 2.83. The maximum Gasteiger partial charge on any atom is 0.244 e. The predicted molar refractivity (Wildman–Crippen MR) is 100.0 cm³/mol. The third-order valence-electron chi connectivity index (χ3n) is 4.13. The second-order valence-electron chi connectivity index (χ2n) is 5.92. The summed E-state index contributed by atoms with van der Waals surface area (Å²) < 4.78 is 27.5. The molecule has 2 aromatic carbocycles. The summed E-state index contributed by atoms with van der Waals surface area (Å²) in [5.41, 5.74) is 1.99. The second kappa shape index (κ2) is 7.36. The van der Waals surface area contributed by atoms with Gasteiger partial charge in [-0.3, -0.25) is 0 Å². The second-order valence-corrected chi connectivity index (χ2v) is 5.92. The normalized spacial score (nSPS) is 10.9. The van der Waals surface area contributed by atoms with E-state index in [0.29, 0.717) is 6.54 Å². The van der Waals surface area contributed by atoms with Crippen molar-refractivity contribution in [1.82, 2.24) is 20.2 Å². The number of hydrogen-bond acceptors (Lipinski definition) is 5. The van der Waals surface area contributed by atoms with Crippen molar-refractivity contribution in [2.45, 2.75) is 6.42 Å². The van der Waals surface area contributed by atoms with Gasteiger partial charge in [-0.2, -0.15) is 10.1 Å². The summed E-state index contributed by atoms with van der Waals surface area (Å²) in [6.07, 6.45) is 4.04. The van der Waals surface area contributed by atoms with Gasteiger partial charge in [0.2, 0.25) is 5.95 Å². The highest BCUT2D eigenvalue weighted by atomic mass is 19.1. The van der Waals surface area contributed by atoms with Crippen molar-refractivity contribution in [2.24, 2.45) is 0 Å². The summed E-state index contributed by atoms with van der Waals surface area (Å²) in [5, 5.41) is 14.6. The SMILES string of the molecule is Fc1cccc(F)c1Nc1cnnc(NCCc2c[nH]c3ccccc23)n1. The Morgan fingerprint density at radius 1 is 1.00 bits per heavy atom. The summed E-state index contributed by atoms with van der Waals surface area (Å²) in [6.45, 7) is 0.584. The van der Waals surface area contributed by atoms with Crippen LogP contribution in [0.3, 0.4) is 0 Å². The average molecular weight is 366 g/mol. The van der Waals surface area contributed by atoms with Crippen molar-refractivity contribution in [3.63, 3.8) is 0 Å². The Kier molecular flexibility index (Phi) is 4.61. The van der Waals surface area contributed by atoms with Gasteiger partial charge in [0.25, 0.3) is 0 Å². The van der Waals surface area contributed by atoms with Crippen LogP contribution in [0.25, 0.3) is 10.9 Å². The van der Waals surface area contributed by atoms with Crippen molar-refractivity contribution in [3.8, 4) is 0 Å². The first-order valence-corrected chi connectivity index (χ1v) is 8.40. The van der Waals surface area contributed by atoms with Crippen molar-refractivity contribution in [2.75, 3.05) is 17.2 Å². The Bertz CT molecular complexity index is 1060. The number of rotatable bonds is 6. The van der Waals surface area contributed by atoms with E-state index in [-0.39, 0.29) is 17.5 Å². The molecule has 0 bridgehead atoms. The van der Waals surface area contributed by atoms with Crippen LogP contribution in [0.2, 0.25) is 0 Å². The molecule has 0 radical (unpaired) electrons. The number of halogens is 2. The summed E-state index contributed by atoms with van der Waals surface area (Å²) in [7, 11) is 0.